The van der Waals surface area contributed by atoms with Crippen LogP contribution in [-0.2, 0) is 9.53 Å². The van der Waals surface area contributed by atoms with E-state index in [1.54, 1.807) is 0 Å². The molecule has 2 rings (SSSR count). The van der Waals surface area contributed by atoms with E-state index < -0.39 is 0 Å². The van der Waals surface area contributed by atoms with Crippen molar-refractivity contribution in [2.24, 2.45) is 5.73 Å². The van der Waals surface area contributed by atoms with Crippen molar-refractivity contribution in [2.75, 3.05) is 32.8 Å². The zero-order chi connectivity index (χ0) is 12.1. The summed E-state index contributed by atoms with van der Waals surface area (Å²) in [5.41, 5.74) is 5.83. The molecule has 1 amide bonds. The van der Waals surface area contributed by atoms with Crippen molar-refractivity contribution in [3.05, 3.63) is 0 Å². The molecule has 0 aromatic heterocycles. The zero-order valence-electron chi connectivity index (χ0n) is 10.4. The Kier molecular flexibility index (Phi) is 4.76. The normalized spacial score (nSPS) is 27.2. The van der Waals surface area contributed by atoms with Gasteiger partial charge < -0.3 is 15.8 Å². The van der Waals surface area contributed by atoms with Crippen LogP contribution in [0.4, 0.5) is 0 Å². The Balaban J connectivity index is 1.60. The van der Waals surface area contributed by atoms with E-state index in [1.807, 2.05) is 0 Å². The van der Waals surface area contributed by atoms with Crippen LogP contribution < -0.4 is 11.1 Å². The molecule has 0 saturated carbocycles. The second kappa shape index (κ2) is 6.33. The Morgan fingerprint density at radius 1 is 1.35 bits per heavy atom. The van der Waals surface area contributed by atoms with Gasteiger partial charge in [-0.3, -0.25) is 9.69 Å². The molecule has 0 aromatic carbocycles. The Morgan fingerprint density at radius 3 is 2.76 bits per heavy atom. The van der Waals surface area contributed by atoms with Crippen LogP contribution in [0, 0.1) is 0 Å². The molecule has 2 heterocycles. The minimum absolute atomic E-state index is 0.107. The van der Waals surface area contributed by atoms with Gasteiger partial charge in [0.2, 0.25) is 5.91 Å². The number of likely N-dealkylation sites (tertiary alicyclic amines) is 1. The number of amides is 1. The third-order valence-corrected chi connectivity index (χ3v) is 3.55. The molecular weight excluding hydrogens is 218 g/mol. The van der Waals surface area contributed by atoms with E-state index in [0.717, 1.165) is 45.4 Å². The number of hydrogen-bond donors (Lipinski definition) is 2. The molecule has 0 spiro atoms. The lowest BCUT2D eigenvalue weighted by Gasteiger charge is -2.29. The van der Waals surface area contributed by atoms with Gasteiger partial charge >= 0.3 is 0 Å². The number of ether oxygens (including phenoxy) is 1. The van der Waals surface area contributed by atoms with Crippen molar-refractivity contribution in [3.8, 4) is 0 Å². The van der Waals surface area contributed by atoms with E-state index in [-0.39, 0.29) is 12.0 Å². The van der Waals surface area contributed by atoms with Crippen molar-refractivity contribution in [2.45, 2.75) is 37.8 Å². The van der Waals surface area contributed by atoms with Crippen LogP contribution in [-0.4, -0.2) is 55.7 Å². The highest BCUT2D eigenvalue weighted by molar-refractivity contribution is 5.78. The van der Waals surface area contributed by atoms with Crippen LogP contribution in [0.2, 0.25) is 0 Å². The molecule has 0 aliphatic carbocycles. The molecule has 2 aliphatic heterocycles. The first kappa shape index (κ1) is 12.8. The first-order chi connectivity index (χ1) is 8.24. The highest BCUT2D eigenvalue weighted by Gasteiger charge is 2.19. The number of nitrogens with one attached hydrogen (secondary N) is 1. The molecule has 3 N–H and O–H groups in total. The first-order valence-electron chi connectivity index (χ1n) is 6.60. The fraction of sp³-hybridized carbons (Fsp3) is 0.917. The number of piperidine rings is 1. The summed E-state index contributed by atoms with van der Waals surface area (Å²) in [5, 5.41) is 2.95. The van der Waals surface area contributed by atoms with Crippen molar-refractivity contribution < 1.29 is 9.53 Å². The van der Waals surface area contributed by atoms with Gasteiger partial charge in [-0.25, -0.2) is 0 Å². The van der Waals surface area contributed by atoms with Crippen molar-refractivity contribution >= 4 is 5.91 Å². The molecule has 98 valence electrons. The first-order valence-corrected chi connectivity index (χ1v) is 6.60. The number of nitrogens with two attached hydrogens (primary N) is 1. The predicted molar refractivity (Wildman–Crippen MR) is 65.6 cm³/mol. The van der Waals surface area contributed by atoms with E-state index in [4.69, 9.17) is 10.5 Å². The quantitative estimate of drug-likeness (QED) is 0.709. The molecule has 5 nitrogen and oxygen atoms in total. The summed E-state index contributed by atoms with van der Waals surface area (Å²) in [7, 11) is 0. The minimum atomic E-state index is 0.107. The molecule has 17 heavy (non-hydrogen) atoms. The molecule has 0 bridgehead atoms. The van der Waals surface area contributed by atoms with E-state index >= 15 is 0 Å². The molecule has 0 radical (unpaired) electrons. The average molecular weight is 241 g/mol. The summed E-state index contributed by atoms with van der Waals surface area (Å²) in [4.78, 5) is 13.9. The number of carbonyl (C=O) groups is 1. The van der Waals surface area contributed by atoms with Gasteiger partial charge in [-0.1, -0.05) is 0 Å². The maximum absolute atomic E-state index is 11.7. The third kappa shape index (κ3) is 4.26. The topological polar surface area (TPSA) is 67.6 Å². The zero-order valence-corrected chi connectivity index (χ0v) is 10.4. The maximum Gasteiger partial charge on any atom is 0.234 e. The van der Waals surface area contributed by atoms with Crippen molar-refractivity contribution in [3.63, 3.8) is 0 Å². The lowest BCUT2D eigenvalue weighted by Crippen LogP contribution is -2.45. The van der Waals surface area contributed by atoms with Gasteiger partial charge in [0.1, 0.15) is 0 Å². The number of rotatable bonds is 4. The van der Waals surface area contributed by atoms with E-state index in [0.29, 0.717) is 19.1 Å². The van der Waals surface area contributed by atoms with Gasteiger partial charge in [-0.05, 0) is 25.7 Å². The molecule has 0 aromatic rings. The Hall–Kier alpha value is -0.650. The number of hydrogen-bond acceptors (Lipinski definition) is 4. The molecule has 2 aliphatic rings. The van der Waals surface area contributed by atoms with Crippen LogP contribution in [0.3, 0.4) is 0 Å². The highest BCUT2D eigenvalue weighted by Crippen LogP contribution is 2.10. The second-order valence-corrected chi connectivity index (χ2v) is 5.05. The summed E-state index contributed by atoms with van der Waals surface area (Å²) in [6.45, 7) is 3.87. The molecule has 2 fully saturated rings. The van der Waals surface area contributed by atoms with Gasteiger partial charge in [0.05, 0.1) is 12.6 Å². The van der Waals surface area contributed by atoms with Crippen LogP contribution in [0.15, 0.2) is 0 Å². The van der Waals surface area contributed by atoms with Crippen LogP contribution >= 0.6 is 0 Å². The van der Waals surface area contributed by atoms with E-state index in [1.165, 1.54) is 0 Å². The second-order valence-electron chi connectivity index (χ2n) is 5.05. The van der Waals surface area contributed by atoms with Crippen LogP contribution in [0.25, 0.3) is 0 Å². The number of nitrogens with zero attached hydrogens (tertiary/aromatic N) is 1. The summed E-state index contributed by atoms with van der Waals surface area (Å²) < 4.78 is 5.46. The van der Waals surface area contributed by atoms with Gasteiger partial charge in [0.25, 0.3) is 0 Å². The maximum atomic E-state index is 11.7. The van der Waals surface area contributed by atoms with Gasteiger partial charge in [-0.2, -0.15) is 0 Å². The Labute approximate surface area is 103 Å². The molecule has 1 unspecified atom stereocenters. The van der Waals surface area contributed by atoms with Gasteiger partial charge in [0.15, 0.2) is 0 Å². The van der Waals surface area contributed by atoms with E-state index in [2.05, 4.69) is 10.2 Å². The Morgan fingerprint density at radius 2 is 2.12 bits per heavy atom. The molecular formula is C12H23N3O2. The number of carbonyl (C=O) groups excluding carboxylic acids is 1. The molecule has 2 saturated heterocycles. The summed E-state index contributed by atoms with van der Waals surface area (Å²) >= 11 is 0. The van der Waals surface area contributed by atoms with Crippen LogP contribution in [0.1, 0.15) is 25.7 Å². The van der Waals surface area contributed by atoms with Gasteiger partial charge in [-0.15, -0.1) is 0 Å². The third-order valence-electron chi connectivity index (χ3n) is 3.55. The molecule has 1 atom stereocenters. The summed E-state index contributed by atoms with van der Waals surface area (Å²) in [6, 6.07) is 0.321. The average Bonchev–Trinajstić information content (AvgIpc) is 2.83. The lowest BCUT2D eigenvalue weighted by atomic mass is 10.1. The summed E-state index contributed by atoms with van der Waals surface area (Å²) in [6.07, 6.45) is 4.41. The predicted octanol–water partition coefficient (Wildman–Crippen LogP) is -0.295. The summed E-state index contributed by atoms with van der Waals surface area (Å²) in [5.74, 6) is 0.107. The van der Waals surface area contributed by atoms with Crippen LogP contribution in [0.5, 0.6) is 0 Å². The monoisotopic (exact) mass is 241 g/mol. The minimum Gasteiger partial charge on any atom is -0.376 e. The highest BCUT2D eigenvalue weighted by atomic mass is 16.5. The van der Waals surface area contributed by atoms with E-state index in [9.17, 15) is 4.79 Å². The standard InChI is InChI=1S/C12H23N3O2/c13-10-3-5-15(6-4-10)9-12(16)14-8-11-2-1-7-17-11/h10-11H,1-9,13H2,(H,14,16). The SMILES string of the molecule is NC1CCN(CC(=O)NCC2CCCO2)CC1. The van der Waals surface area contributed by atoms with Crippen molar-refractivity contribution in [1.29, 1.82) is 0 Å². The molecule has 5 heteroatoms. The Bertz CT molecular complexity index is 246. The van der Waals surface area contributed by atoms with Crippen molar-refractivity contribution in [1.82, 2.24) is 10.2 Å². The largest absolute Gasteiger partial charge is 0.376 e. The van der Waals surface area contributed by atoms with Gasteiger partial charge in [0, 0.05) is 32.3 Å². The fourth-order valence-corrected chi connectivity index (χ4v) is 2.40. The fourth-order valence-electron chi connectivity index (χ4n) is 2.40. The smallest absolute Gasteiger partial charge is 0.234 e. The lowest BCUT2D eigenvalue weighted by molar-refractivity contribution is -0.123.